The van der Waals surface area contributed by atoms with Crippen LogP contribution in [0.4, 0.5) is 5.69 Å². The molecule has 0 aliphatic heterocycles. The first-order valence-corrected chi connectivity index (χ1v) is 6.37. The smallest absolute Gasteiger partial charge is 0.293 e. The number of nitrogens with one attached hydrogen (secondary N) is 2. The number of aryl methyl sites for hydroxylation is 2. The van der Waals surface area contributed by atoms with E-state index in [2.05, 4.69) is 20.4 Å². The number of hydrogen-bond donors (Lipinski definition) is 2. The second kappa shape index (κ2) is 4.86. The maximum Gasteiger partial charge on any atom is 0.293 e. The maximum absolute atomic E-state index is 12.1. The van der Waals surface area contributed by atoms with Crippen molar-refractivity contribution in [2.24, 2.45) is 0 Å². The predicted molar refractivity (Wildman–Crippen MR) is 77.5 cm³/mol. The molecule has 0 saturated carbocycles. The molecule has 0 aliphatic rings. The Bertz CT molecular complexity index is 894. The molecule has 3 rings (SSSR count). The number of nitrogens with zero attached hydrogens (tertiary/aromatic N) is 3. The lowest BCUT2D eigenvalue weighted by molar-refractivity contribution is 0.101. The Morgan fingerprint density at radius 3 is 2.81 bits per heavy atom. The van der Waals surface area contributed by atoms with Crippen molar-refractivity contribution in [3.05, 3.63) is 57.8 Å². The molecule has 7 heteroatoms. The Labute approximate surface area is 119 Å². The van der Waals surface area contributed by atoms with Crippen LogP contribution in [0, 0.1) is 13.8 Å². The second-order valence-electron chi connectivity index (χ2n) is 4.77. The summed E-state index contributed by atoms with van der Waals surface area (Å²) in [5.74, 6) is -0.218. The zero-order chi connectivity index (χ0) is 15.0. The number of H-pyrrole nitrogens is 1. The number of hydrogen-bond acceptors (Lipinski definition) is 4. The van der Waals surface area contributed by atoms with E-state index in [4.69, 9.17) is 0 Å². The molecule has 106 valence electrons. The van der Waals surface area contributed by atoms with Crippen molar-refractivity contribution in [3.63, 3.8) is 0 Å². The summed E-state index contributed by atoms with van der Waals surface area (Å²) in [4.78, 5) is 32.0. The molecule has 0 radical (unpaired) electrons. The normalized spacial score (nSPS) is 10.8. The molecule has 2 heterocycles. The summed E-state index contributed by atoms with van der Waals surface area (Å²) in [7, 11) is 0. The average Bonchev–Trinajstić information content (AvgIpc) is 2.83. The maximum atomic E-state index is 12.1. The predicted octanol–water partition coefficient (Wildman–Crippen LogP) is 1.29. The van der Waals surface area contributed by atoms with Crippen LogP contribution < -0.4 is 10.9 Å². The minimum absolute atomic E-state index is 0.0340. The van der Waals surface area contributed by atoms with E-state index in [-0.39, 0.29) is 17.2 Å². The van der Waals surface area contributed by atoms with E-state index in [1.807, 2.05) is 25.1 Å². The Morgan fingerprint density at radius 1 is 1.24 bits per heavy atom. The van der Waals surface area contributed by atoms with Crippen LogP contribution in [0.1, 0.15) is 21.9 Å². The van der Waals surface area contributed by atoms with Gasteiger partial charge in [0.2, 0.25) is 5.82 Å². The third kappa shape index (κ3) is 2.53. The average molecular weight is 283 g/mol. The van der Waals surface area contributed by atoms with E-state index in [0.717, 1.165) is 10.1 Å². The van der Waals surface area contributed by atoms with Gasteiger partial charge in [-0.2, -0.15) is 9.50 Å². The number of carbonyl (C=O) groups is 1. The van der Waals surface area contributed by atoms with Gasteiger partial charge in [0.15, 0.2) is 0 Å². The summed E-state index contributed by atoms with van der Waals surface area (Å²) >= 11 is 0. The van der Waals surface area contributed by atoms with Crippen molar-refractivity contribution in [1.29, 1.82) is 0 Å². The van der Waals surface area contributed by atoms with Crippen LogP contribution in [0.3, 0.4) is 0 Å². The van der Waals surface area contributed by atoms with Gasteiger partial charge < -0.3 is 5.32 Å². The highest BCUT2D eigenvalue weighted by molar-refractivity contribution is 6.01. The molecule has 7 nitrogen and oxygen atoms in total. The number of aromatic amines is 1. The molecular formula is C14H13N5O2. The lowest BCUT2D eigenvalue weighted by atomic mass is 10.2. The van der Waals surface area contributed by atoms with Gasteiger partial charge in [0.25, 0.3) is 17.2 Å². The third-order valence-corrected chi connectivity index (χ3v) is 2.95. The highest BCUT2D eigenvalue weighted by Gasteiger charge is 2.13. The van der Waals surface area contributed by atoms with Gasteiger partial charge in [-0.3, -0.25) is 14.7 Å². The van der Waals surface area contributed by atoms with E-state index in [9.17, 15) is 9.59 Å². The molecule has 0 bridgehead atoms. The van der Waals surface area contributed by atoms with Gasteiger partial charge >= 0.3 is 0 Å². The molecule has 0 atom stereocenters. The molecule has 3 aromatic rings. The van der Waals surface area contributed by atoms with Gasteiger partial charge in [-0.15, -0.1) is 0 Å². The molecular weight excluding hydrogens is 270 g/mol. The molecule has 1 amide bonds. The number of aromatic nitrogens is 4. The van der Waals surface area contributed by atoms with E-state index < -0.39 is 5.91 Å². The molecule has 2 aromatic heterocycles. The van der Waals surface area contributed by atoms with Crippen LogP contribution >= 0.6 is 0 Å². The fourth-order valence-corrected chi connectivity index (χ4v) is 2.01. The molecule has 21 heavy (non-hydrogen) atoms. The van der Waals surface area contributed by atoms with Crippen molar-refractivity contribution in [1.82, 2.24) is 19.6 Å². The van der Waals surface area contributed by atoms with Crippen molar-refractivity contribution in [3.8, 4) is 0 Å². The first-order chi connectivity index (χ1) is 10.0. The monoisotopic (exact) mass is 283 g/mol. The van der Waals surface area contributed by atoms with E-state index in [1.54, 1.807) is 13.0 Å². The molecule has 0 aliphatic carbocycles. The van der Waals surface area contributed by atoms with E-state index in [1.165, 1.54) is 6.07 Å². The number of anilines is 1. The Balaban J connectivity index is 1.95. The summed E-state index contributed by atoms with van der Waals surface area (Å²) < 4.78 is 1.14. The summed E-state index contributed by atoms with van der Waals surface area (Å²) in [6.07, 6.45) is 0. The van der Waals surface area contributed by atoms with Crippen molar-refractivity contribution < 1.29 is 4.79 Å². The fraction of sp³-hybridized carbons (Fsp3) is 0.143. The van der Waals surface area contributed by atoms with Crippen LogP contribution in [0.2, 0.25) is 0 Å². The van der Waals surface area contributed by atoms with Gasteiger partial charge in [-0.25, -0.2) is 4.98 Å². The number of fused-ring (bicyclic) bond motifs is 1. The van der Waals surface area contributed by atoms with Gasteiger partial charge in [0.1, 0.15) is 0 Å². The zero-order valence-corrected chi connectivity index (χ0v) is 11.5. The summed E-state index contributed by atoms with van der Waals surface area (Å²) in [6, 6.07) is 8.77. The first kappa shape index (κ1) is 13.0. The lowest BCUT2D eigenvalue weighted by Gasteiger charge is -2.03. The number of benzene rings is 1. The van der Waals surface area contributed by atoms with Crippen LogP contribution in [-0.2, 0) is 0 Å². The number of rotatable bonds is 2. The lowest BCUT2D eigenvalue weighted by Crippen LogP contribution is -2.16. The van der Waals surface area contributed by atoms with Crippen LogP contribution in [0.5, 0.6) is 0 Å². The molecule has 2 N–H and O–H groups in total. The quantitative estimate of drug-likeness (QED) is 0.741. The summed E-state index contributed by atoms with van der Waals surface area (Å²) in [5.41, 5.74) is 1.94. The highest BCUT2D eigenvalue weighted by atomic mass is 16.2. The Morgan fingerprint density at radius 2 is 2.05 bits per heavy atom. The standard InChI is InChI=1S/C14H13N5O2/c1-8-4-3-5-10(6-8)16-13(21)12-17-14-15-9(2)7-11(20)19(14)18-12/h3-7H,1-2H3,(H,16,21)(H,15,17,18). The topological polar surface area (TPSA) is 92.2 Å². The number of amides is 1. The molecule has 0 spiro atoms. The summed E-state index contributed by atoms with van der Waals surface area (Å²) in [6.45, 7) is 3.63. The van der Waals surface area contributed by atoms with E-state index in [0.29, 0.717) is 11.4 Å². The minimum Gasteiger partial charge on any atom is -0.319 e. The van der Waals surface area contributed by atoms with Gasteiger partial charge in [0, 0.05) is 17.4 Å². The fourth-order valence-electron chi connectivity index (χ4n) is 2.01. The van der Waals surface area contributed by atoms with Crippen LogP contribution in [-0.4, -0.2) is 25.5 Å². The van der Waals surface area contributed by atoms with Crippen molar-refractivity contribution in [2.75, 3.05) is 5.32 Å². The van der Waals surface area contributed by atoms with Crippen molar-refractivity contribution >= 4 is 17.4 Å². The minimum atomic E-state index is -0.428. The van der Waals surface area contributed by atoms with Crippen molar-refractivity contribution in [2.45, 2.75) is 13.8 Å². The highest BCUT2D eigenvalue weighted by Crippen LogP contribution is 2.10. The third-order valence-electron chi connectivity index (χ3n) is 2.95. The van der Waals surface area contributed by atoms with Crippen LogP contribution in [0.25, 0.3) is 5.78 Å². The molecule has 1 aromatic carbocycles. The Kier molecular flexibility index (Phi) is 3.02. The zero-order valence-electron chi connectivity index (χ0n) is 11.5. The number of carbonyl (C=O) groups excluding carboxylic acids is 1. The molecule has 0 unspecified atom stereocenters. The van der Waals surface area contributed by atoms with Gasteiger partial charge in [-0.05, 0) is 31.5 Å². The van der Waals surface area contributed by atoms with E-state index >= 15 is 0 Å². The molecule has 0 saturated heterocycles. The molecule has 0 fully saturated rings. The van der Waals surface area contributed by atoms with Gasteiger partial charge in [-0.1, -0.05) is 12.1 Å². The summed E-state index contributed by atoms with van der Waals surface area (Å²) in [5, 5.41) is 5.36. The van der Waals surface area contributed by atoms with Crippen LogP contribution in [0.15, 0.2) is 35.1 Å². The van der Waals surface area contributed by atoms with Gasteiger partial charge in [0.05, 0.1) is 0 Å². The first-order valence-electron chi connectivity index (χ1n) is 6.37. The second-order valence-corrected chi connectivity index (χ2v) is 4.77. The SMILES string of the molecule is Cc1cccc(NC(=O)c2nc3nc(C)cc(=O)n3[nH]2)c1. The Hall–Kier alpha value is -2.96. The largest absolute Gasteiger partial charge is 0.319 e.